The fraction of sp³-hybridized carbons (Fsp3) is 0.360. The summed E-state index contributed by atoms with van der Waals surface area (Å²) in [6, 6.07) is 13.1. The molecule has 2 unspecified atom stereocenters. The second-order valence-corrected chi connectivity index (χ2v) is 10.2. The minimum atomic E-state index is -0.539. The molecule has 5 heteroatoms. The molecular weight excluding hydrogens is 445 g/mol. The molecule has 3 nitrogen and oxygen atoms in total. The number of halogens is 2. The van der Waals surface area contributed by atoms with Crippen molar-refractivity contribution in [3.8, 4) is 0 Å². The summed E-state index contributed by atoms with van der Waals surface area (Å²) in [4.78, 5) is 25.6. The number of rotatable bonds is 2. The van der Waals surface area contributed by atoms with Crippen LogP contribution in [-0.2, 0) is 15.0 Å². The van der Waals surface area contributed by atoms with Crippen LogP contribution < -0.4 is 5.32 Å². The highest BCUT2D eigenvalue weighted by molar-refractivity contribution is 9.10. The van der Waals surface area contributed by atoms with Gasteiger partial charge in [0.2, 0.25) is 5.91 Å². The second kappa shape index (κ2) is 7.77. The van der Waals surface area contributed by atoms with Crippen molar-refractivity contribution >= 4 is 27.6 Å². The van der Waals surface area contributed by atoms with Crippen LogP contribution in [-0.4, -0.2) is 11.7 Å². The molecule has 1 heterocycles. The summed E-state index contributed by atoms with van der Waals surface area (Å²) in [5.41, 5.74) is 4.01. The third-order valence-electron chi connectivity index (χ3n) is 6.12. The molecule has 0 radical (unpaired) electrons. The molecule has 1 amide bonds. The average molecular weight is 470 g/mol. The number of carbonyl (C=O) groups is 2. The molecule has 2 aliphatic rings. The molecular formula is C25H25BrFNO2. The molecule has 1 aliphatic heterocycles. The first-order valence-electron chi connectivity index (χ1n) is 10.2. The Morgan fingerprint density at radius 3 is 2.37 bits per heavy atom. The van der Waals surface area contributed by atoms with Gasteiger partial charge in [-0.05, 0) is 52.6 Å². The van der Waals surface area contributed by atoms with E-state index in [1.54, 1.807) is 12.1 Å². The van der Waals surface area contributed by atoms with Gasteiger partial charge in [0.05, 0.1) is 0 Å². The SMILES string of the molecule is CC(C)(C)c1ccc(C2CC(=O)C3=C(C2)NC(=O)CC3c2cc(Br)ccc2F)cc1. The Hall–Kier alpha value is -2.27. The van der Waals surface area contributed by atoms with E-state index in [0.717, 1.165) is 10.0 Å². The molecule has 0 saturated heterocycles. The van der Waals surface area contributed by atoms with Crippen molar-refractivity contribution in [3.05, 3.63) is 80.7 Å². The van der Waals surface area contributed by atoms with E-state index < -0.39 is 11.7 Å². The maximum Gasteiger partial charge on any atom is 0.225 e. The van der Waals surface area contributed by atoms with Crippen molar-refractivity contribution in [3.63, 3.8) is 0 Å². The zero-order valence-electron chi connectivity index (χ0n) is 17.4. The summed E-state index contributed by atoms with van der Waals surface area (Å²) in [5, 5.41) is 2.90. The predicted octanol–water partition coefficient (Wildman–Crippen LogP) is 5.89. The standard InChI is InChI=1S/C25H25BrFNO2/c1-25(2,3)16-6-4-14(5-7-16)15-10-21-24(22(29)11-15)19(13-23(30)28-21)18-12-17(26)8-9-20(18)27/h4-9,12,15,19H,10-11,13H2,1-3H3,(H,28,30). The summed E-state index contributed by atoms with van der Waals surface area (Å²) in [5.74, 6) is -1.10. The van der Waals surface area contributed by atoms with Gasteiger partial charge in [-0.15, -0.1) is 0 Å². The van der Waals surface area contributed by atoms with Crippen LogP contribution in [0.4, 0.5) is 4.39 Å². The van der Waals surface area contributed by atoms with E-state index in [1.807, 2.05) is 0 Å². The lowest BCUT2D eigenvalue weighted by Gasteiger charge is -2.34. The van der Waals surface area contributed by atoms with Gasteiger partial charge in [-0.1, -0.05) is 61.0 Å². The molecule has 2 aromatic carbocycles. The first kappa shape index (κ1) is 21.0. The summed E-state index contributed by atoms with van der Waals surface area (Å²) in [6.45, 7) is 6.51. The zero-order chi connectivity index (χ0) is 21.6. The van der Waals surface area contributed by atoms with E-state index in [9.17, 15) is 14.0 Å². The first-order valence-corrected chi connectivity index (χ1v) is 11.0. The van der Waals surface area contributed by atoms with E-state index in [4.69, 9.17) is 0 Å². The van der Waals surface area contributed by atoms with E-state index in [-0.39, 0.29) is 29.4 Å². The van der Waals surface area contributed by atoms with Crippen molar-refractivity contribution in [1.82, 2.24) is 5.32 Å². The molecule has 2 atom stereocenters. The predicted molar refractivity (Wildman–Crippen MR) is 119 cm³/mol. The van der Waals surface area contributed by atoms with Crippen LogP contribution in [0.15, 0.2) is 58.2 Å². The number of hydrogen-bond acceptors (Lipinski definition) is 2. The van der Waals surface area contributed by atoms with Crippen molar-refractivity contribution in [2.24, 2.45) is 0 Å². The highest BCUT2D eigenvalue weighted by Crippen LogP contribution is 2.43. The van der Waals surface area contributed by atoms with Gasteiger partial charge in [0.15, 0.2) is 5.78 Å². The summed E-state index contributed by atoms with van der Waals surface area (Å²) >= 11 is 3.37. The van der Waals surface area contributed by atoms with E-state index in [0.29, 0.717) is 29.7 Å². The molecule has 0 saturated carbocycles. The second-order valence-electron chi connectivity index (χ2n) is 9.26. The van der Waals surface area contributed by atoms with Gasteiger partial charge >= 0.3 is 0 Å². The van der Waals surface area contributed by atoms with Crippen LogP contribution in [0.1, 0.15) is 68.6 Å². The topological polar surface area (TPSA) is 46.2 Å². The number of benzene rings is 2. The molecule has 0 bridgehead atoms. The largest absolute Gasteiger partial charge is 0.329 e. The smallest absolute Gasteiger partial charge is 0.225 e. The fourth-order valence-electron chi connectivity index (χ4n) is 4.50. The minimum absolute atomic E-state index is 0.00877. The molecule has 0 aromatic heterocycles. The van der Waals surface area contributed by atoms with Crippen LogP contribution in [0.3, 0.4) is 0 Å². The maximum atomic E-state index is 14.6. The Balaban J connectivity index is 1.68. The molecule has 1 N–H and O–H groups in total. The van der Waals surface area contributed by atoms with Gasteiger partial charge in [0.25, 0.3) is 0 Å². The fourth-order valence-corrected chi connectivity index (χ4v) is 4.88. The van der Waals surface area contributed by atoms with Crippen LogP contribution in [0.25, 0.3) is 0 Å². The number of hydrogen-bond donors (Lipinski definition) is 1. The van der Waals surface area contributed by atoms with E-state index in [1.165, 1.54) is 11.6 Å². The monoisotopic (exact) mass is 469 g/mol. The lowest BCUT2D eigenvalue weighted by Crippen LogP contribution is -2.38. The lowest BCUT2D eigenvalue weighted by molar-refractivity contribution is -0.122. The van der Waals surface area contributed by atoms with Crippen molar-refractivity contribution in [2.75, 3.05) is 0 Å². The molecule has 4 rings (SSSR count). The van der Waals surface area contributed by atoms with E-state index in [2.05, 4.69) is 66.3 Å². The molecule has 0 fully saturated rings. The molecule has 30 heavy (non-hydrogen) atoms. The Labute approximate surface area is 184 Å². The summed E-state index contributed by atoms with van der Waals surface area (Å²) in [7, 11) is 0. The van der Waals surface area contributed by atoms with Gasteiger partial charge in [-0.3, -0.25) is 9.59 Å². The zero-order valence-corrected chi connectivity index (χ0v) is 19.0. The minimum Gasteiger partial charge on any atom is -0.329 e. The van der Waals surface area contributed by atoms with E-state index >= 15 is 0 Å². The number of allylic oxidation sites excluding steroid dienone is 2. The Morgan fingerprint density at radius 1 is 1.00 bits per heavy atom. The molecule has 1 aliphatic carbocycles. The third-order valence-corrected chi connectivity index (χ3v) is 6.61. The molecule has 2 aromatic rings. The van der Waals surface area contributed by atoms with Crippen molar-refractivity contribution in [2.45, 2.75) is 57.3 Å². The van der Waals surface area contributed by atoms with Crippen molar-refractivity contribution < 1.29 is 14.0 Å². The number of Topliss-reactive ketones (excluding diaryl/α,β-unsaturated/α-hetero) is 1. The highest BCUT2D eigenvalue weighted by Gasteiger charge is 2.39. The maximum absolute atomic E-state index is 14.6. The van der Waals surface area contributed by atoms with Gasteiger partial charge < -0.3 is 5.32 Å². The quantitative estimate of drug-likeness (QED) is 0.595. The molecule has 0 spiro atoms. The number of amides is 1. The third kappa shape index (κ3) is 4.00. The van der Waals surface area contributed by atoms with Crippen LogP contribution in [0, 0.1) is 5.82 Å². The summed E-state index contributed by atoms with van der Waals surface area (Å²) in [6.07, 6.45) is 1.03. The molecule has 156 valence electrons. The number of nitrogens with one attached hydrogen (secondary N) is 1. The highest BCUT2D eigenvalue weighted by atomic mass is 79.9. The Bertz CT molecular complexity index is 1050. The van der Waals surface area contributed by atoms with Crippen LogP contribution in [0.2, 0.25) is 0 Å². The van der Waals surface area contributed by atoms with Gasteiger partial charge in [0.1, 0.15) is 5.82 Å². The first-order chi connectivity index (χ1) is 14.1. The van der Waals surface area contributed by atoms with Crippen LogP contribution in [0.5, 0.6) is 0 Å². The van der Waals surface area contributed by atoms with Gasteiger partial charge in [0, 0.05) is 34.5 Å². The average Bonchev–Trinajstić information content (AvgIpc) is 2.68. The number of carbonyl (C=O) groups excluding carboxylic acids is 2. The lowest BCUT2D eigenvalue weighted by atomic mass is 9.73. The normalized spacial score (nSPS) is 22.0. The van der Waals surface area contributed by atoms with Crippen molar-refractivity contribution in [1.29, 1.82) is 0 Å². The number of ketones is 1. The van der Waals surface area contributed by atoms with Crippen LogP contribution >= 0.6 is 15.9 Å². The van der Waals surface area contributed by atoms with Gasteiger partial charge in [-0.2, -0.15) is 0 Å². The summed E-state index contributed by atoms with van der Waals surface area (Å²) < 4.78 is 15.3. The van der Waals surface area contributed by atoms with Gasteiger partial charge in [-0.25, -0.2) is 4.39 Å². The Kier molecular flexibility index (Phi) is 5.43. The Morgan fingerprint density at radius 2 is 1.70 bits per heavy atom.